The fraction of sp³-hybridized carbons (Fsp3) is 0.526. The zero-order chi connectivity index (χ0) is 15.7. The lowest BCUT2D eigenvalue weighted by molar-refractivity contribution is 0.0169. The van der Waals surface area contributed by atoms with Crippen molar-refractivity contribution in [1.29, 1.82) is 0 Å². The molecule has 1 N–H and O–H groups in total. The van der Waals surface area contributed by atoms with E-state index < -0.39 is 5.60 Å². The average molecular weight is 311 g/mol. The molecule has 0 bridgehead atoms. The molecule has 1 aromatic heterocycles. The van der Waals surface area contributed by atoms with Crippen molar-refractivity contribution >= 4 is 16.6 Å². The van der Waals surface area contributed by atoms with Crippen LogP contribution in [0.15, 0.2) is 36.5 Å². The van der Waals surface area contributed by atoms with Gasteiger partial charge >= 0.3 is 0 Å². The highest BCUT2D eigenvalue weighted by molar-refractivity contribution is 5.92. The van der Waals surface area contributed by atoms with Gasteiger partial charge in [-0.25, -0.2) is 4.98 Å². The van der Waals surface area contributed by atoms with Gasteiger partial charge in [0.1, 0.15) is 5.82 Å². The van der Waals surface area contributed by atoms with Crippen LogP contribution in [0.2, 0.25) is 0 Å². The Kier molecular flexibility index (Phi) is 3.95. The summed E-state index contributed by atoms with van der Waals surface area (Å²) in [5.41, 5.74) is -0.601. The molecule has 0 aliphatic carbocycles. The van der Waals surface area contributed by atoms with Crippen LogP contribution in [0.5, 0.6) is 0 Å². The normalized spacial score (nSPS) is 26.0. The first-order chi connectivity index (χ1) is 11.2. The second-order valence-corrected chi connectivity index (χ2v) is 7.09. The number of pyridine rings is 1. The molecule has 0 spiro atoms. The van der Waals surface area contributed by atoms with Gasteiger partial charge in [0.25, 0.3) is 0 Å². The molecule has 0 saturated carbocycles. The molecular weight excluding hydrogens is 286 g/mol. The maximum atomic E-state index is 11.0. The first kappa shape index (κ1) is 14.9. The Morgan fingerprint density at radius 3 is 2.74 bits per heavy atom. The number of hydrogen-bond donors (Lipinski definition) is 1. The molecule has 2 fully saturated rings. The Bertz CT molecular complexity index is 678. The van der Waals surface area contributed by atoms with Crippen LogP contribution in [-0.4, -0.2) is 53.3 Å². The Labute approximate surface area is 137 Å². The maximum absolute atomic E-state index is 11.0. The fourth-order valence-electron chi connectivity index (χ4n) is 4.06. The van der Waals surface area contributed by atoms with Crippen molar-refractivity contribution in [3.63, 3.8) is 0 Å². The minimum Gasteiger partial charge on any atom is -0.387 e. The number of anilines is 1. The second-order valence-electron chi connectivity index (χ2n) is 7.09. The molecule has 1 atom stereocenters. The number of likely N-dealkylation sites (tertiary alicyclic amines) is 1. The van der Waals surface area contributed by atoms with Gasteiger partial charge in [-0.1, -0.05) is 30.7 Å². The number of benzene rings is 1. The monoisotopic (exact) mass is 311 g/mol. The molecule has 0 unspecified atom stereocenters. The summed E-state index contributed by atoms with van der Waals surface area (Å²) >= 11 is 0. The van der Waals surface area contributed by atoms with E-state index in [9.17, 15) is 5.11 Å². The number of β-amino-alcohol motifs (C(OH)–C–C–N with tert-alkyl or cyclic N) is 1. The first-order valence-electron chi connectivity index (χ1n) is 8.77. The minimum atomic E-state index is -0.601. The lowest BCUT2D eigenvalue weighted by Crippen LogP contribution is -2.46. The maximum Gasteiger partial charge on any atom is 0.136 e. The van der Waals surface area contributed by atoms with Crippen LogP contribution in [0.4, 0.5) is 5.82 Å². The van der Waals surface area contributed by atoms with E-state index in [2.05, 4.69) is 45.1 Å². The average Bonchev–Trinajstić information content (AvgIpc) is 2.97. The number of aromatic nitrogens is 1. The van der Waals surface area contributed by atoms with Crippen molar-refractivity contribution in [3.05, 3.63) is 36.5 Å². The van der Waals surface area contributed by atoms with E-state index in [0.29, 0.717) is 6.54 Å². The van der Waals surface area contributed by atoms with Gasteiger partial charge in [0.2, 0.25) is 0 Å². The highest BCUT2D eigenvalue weighted by atomic mass is 16.3. The van der Waals surface area contributed by atoms with Gasteiger partial charge in [-0.05, 0) is 43.8 Å². The number of piperidine rings is 1. The molecule has 4 rings (SSSR count). The summed E-state index contributed by atoms with van der Waals surface area (Å²) < 4.78 is 0. The lowest BCUT2D eigenvalue weighted by Gasteiger charge is -2.33. The molecule has 0 radical (unpaired) electrons. The Morgan fingerprint density at radius 1 is 1.04 bits per heavy atom. The number of hydrogen-bond acceptors (Lipinski definition) is 4. The Hall–Kier alpha value is -1.65. The molecular formula is C19H25N3O. The molecule has 4 nitrogen and oxygen atoms in total. The topological polar surface area (TPSA) is 39.6 Å². The third kappa shape index (κ3) is 3.06. The van der Waals surface area contributed by atoms with Gasteiger partial charge < -0.3 is 14.9 Å². The standard InChI is InChI=1S/C19H25N3O/c23-19(14-21-11-4-1-5-12-21)9-13-22(15-19)18-17-7-3-2-6-16(17)8-10-20-18/h2-3,6-8,10,23H,1,4-5,9,11-15H2/t19-/m0/s1. The van der Waals surface area contributed by atoms with Gasteiger partial charge in [0.15, 0.2) is 0 Å². The second kappa shape index (κ2) is 6.10. The highest BCUT2D eigenvalue weighted by Gasteiger charge is 2.38. The van der Waals surface area contributed by atoms with Crippen LogP contribution in [-0.2, 0) is 0 Å². The van der Waals surface area contributed by atoms with Gasteiger partial charge in [-0.2, -0.15) is 0 Å². The Morgan fingerprint density at radius 2 is 1.87 bits per heavy atom. The quantitative estimate of drug-likeness (QED) is 0.946. The van der Waals surface area contributed by atoms with Gasteiger partial charge in [-0.15, -0.1) is 0 Å². The van der Waals surface area contributed by atoms with E-state index in [0.717, 1.165) is 38.4 Å². The molecule has 2 saturated heterocycles. The van der Waals surface area contributed by atoms with E-state index in [1.54, 1.807) is 0 Å². The molecule has 2 aliphatic rings. The minimum absolute atomic E-state index is 0.601. The predicted molar refractivity (Wildman–Crippen MR) is 93.8 cm³/mol. The summed E-state index contributed by atoms with van der Waals surface area (Å²) in [6.45, 7) is 4.63. The van der Waals surface area contributed by atoms with Crippen LogP contribution in [0.3, 0.4) is 0 Å². The van der Waals surface area contributed by atoms with Crippen molar-refractivity contribution < 1.29 is 5.11 Å². The van der Waals surface area contributed by atoms with Crippen LogP contribution >= 0.6 is 0 Å². The third-order valence-electron chi connectivity index (χ3n) is 5.25. The lowest BCUT2D eigenvalue weighted by atomic mass is 10.0. The molecule has 2 aromatic rings. The van der Waals surface area contributed by atoms with Gasteiger partial charge in [0.05, 0.1) is 5.60 Å². The van der Waals surface area contributed by atoms with Gasteiger partial charge in [0, 0.05) is 31.2 Å². The van der Waals surface area contributed by atoms with Gasteiger partial charge in [-0.3, -0.25) is 0 Å². The van der Waals surface area contributed by atoms with Crippen molar-refractivity contribution in [2.75, 3.05) is 37.6 Å². The van der Waals surface area contributed by atoms with E-state index in [4.69, 9.17) is 0 Å². The Balaban J connectivity index is 1.52. The number of rotatable bonds is 3. The summed E-state index contributed by atoms with van der Waals surface area (Å²) in [5.74, 6) is 1.01. The number of fused-ring (bicyclic) bond motifs is 1. The molecule has 4 heteroatoms. The predicted octanol–water partition coefficient (Wildman–Crippen LogP) is 2.66. The summed E-state index contributed by atoms with van der Waals surface area (Å²) in [4.78, 5) is 9.29. The first-order valence-corrected chi connectivity index (χ1v) is 8.77. The molecule has 122 valence electrons. The summed E-state index contributed by atoms with van der Waals surface area (Å²) in [6.07, 6.45) is 6.57. The van der Waals surface area contributed by atoms with Crippen LogP contribution in [0.25, 0.3) is 10.8 Å². The number of aliphatic hydroxyl groups is 1. The zero-order valence-electron chi connectivity index (χ0n) is 13.6. The molecule has 3 heterocycles. The van der Waals surface area contributed by atoms with Crippen molar-refractivity contribution in [2.45, 2.75) is 31.3 Å². The van der Waals surface area contributed by atoms with E-state index in [-0.39, 0.29) is 0 Å². The summed E-state index contributed by atoms with van der Waals surface area (Å²) in [5, 5.41) is 13.4. The van der Waals surface area contributed by atoms with Crippen LogP contribution < -0.4 is 4.90 Å². The van der Waals surface area contributed by atoms with E-state index in [1.807, 2.05) is 6.20 Å². The summed E-state index contributed by atoms with van der Waals surface area (Å²) in [6, 6.07) is 10.4. The summed E-state index contributed by atoms with van der Waals surface area (Å²) in [7, 11) is 0. The molecule has 0 amide bonds. The zero-order valence-corrected chi connectivity index (χ0v) is 13.6. The SMILES string of the molecule is O[C@]1(CN2CCCCC2)CCN(c2nccc3ccccc23)C1. The smallest absolute Gasteiger partial charge is 0.136 e. The highest BCUT2D eigenvalue weighted by Crippen LogP contribution is 2.31. The molecule has 2 aliphatic heterocycles. The molecule has 1 aromatic carbocycles. The van der Waals surface area contributed by atoms with E-state index >= 15 is 0 Å². The fourth-order valence-corrected chi connectivity index (χ4v) is 4.06. The van der Waals surface area contributed by atoms with Crippen molar-refractivity contribution in [3.8, 4) is 0 Å². The van der Waals surface area contributed by atoms with Crippen molar-refractivity contribution in [1.82, 2.24) is 9.88 Å². The molecule has 23 heavy (non-hydrogen) atoms. The van der Waals surface area contributed by atoms with Crippen LogP contribution in [0, 0.1) is 0 Å². The van der Waals surface area contributed by atoms with E-state index in [1.165, 1.54) is 30.0 Å². The number of nitrogens with zero attached hydrogens (tertiary/aromatic N) is 3. The van der Waals surface area contributed by atoms with Crippen LogP contribution in [0.1, 0.15) is 25.7 Å². The largest absolute Gasteiger partial charge is 0.387 e. The third-order valence-corrected chi connectivity index (χ3v) is 5.25. The van der Waals surface area contributed by atoms with Crippen molar-refractivity contribution in [2.24, 2.45) is 0 Å².